The number of nitrogens with one attached hydrogen (secondary N) is 3. The Hall–Kier alpha value is -2.96. The quantitative estimate of drug-likeness (QED) is 0.675. The second kappa shape index (κ2) is 5.20. The molecule has 3 N–H and O–H groups in total. The first-order chi connectivity index (χ1) is 10.2. The number of amides is 1. The van der Waals surface area contributed by atoms with Crippen molar-refractivity contribution in [3.8, 4) is 11.3 Å². The monoisotopic (exact) mass is 282 g/mol. The molecule has 0 radical (unpaired) electrons. The molecule has 0 aliphatic carbocycles. The maximum Gasteiger partial charge on any atom is 0.254 e. The zero-order chi connectivity index (χ0) is 14.8. The van der Waals surface area contributed by atoms with E-state index >= 15 is 0 Å². The molecule has 0 atom stereocenters. The average Bonchev–Trinajstić information content (AvgIpc) is 3.06. The summed E-state index contributed by atoms with van der Waals surface area (Å²) in [5.74, 6) is -0.204. The molecule has 3 rings (SSSR count). The van der Waals surface area contributed by atoms with Crippen LogP contribution in [0.1, 0.15) is 10.4 Å². The Labute approximate surface area is 120 Å². The number of carbonyl (C=O) groups excluding carboxylic acids is 1. The van der Waals surface area contributed by atoms with Crippen molar-refractivity contribution in [3.63, 3.8) is 0 Å². The van der Waals surface area contributed by atoms with E-state index in [1.807, 2.05) is 12.1 Å². The molecule has 1 amide bonds. The summed E-state index contributed by atoms with van der Waals surface area (Å²) in [4.78, 5) is 20.8. The zero-order valence-electron chi connectivity index (χ0n) is 11.6. The SMILES string of the molecule is CNC(=O)c1cnc2ccc(-c3cn[nH]c3)nc2c1NC. The largest absolute Gasteiger partial charge is 0.386 e. The molecule has 106 valence electrons. The van der Waals surface area contributed by atoms with Crippen LogP contribution in [0.3, 0.4) is 0 Å². The predicted octanol–water partition coefficient (Wildman–Crippen LogP) is 1.42. The van der Waals surface area contributed by atoms with Crippen LogP contribution in [-0.2, 0) is 0 Å². The van der Waals surface area contributed by atoms with Crippen LogP contribution in [-0.4, -0.2) is 40.2 Å². The molecule has 0 aliphatic rings. The predicted molar refractivity (Wildman–Crippen MR) is 80.1 cm³/mol. The maximum absolute atomic E-state index is 11.9. The minimum atomic E-state index is -0.204. The van der Waals surface area contributed by atoms with Gasteiger partial charge in [0.05, 0.1) is 28.7 Å². The Balaban J connectivity index is 2.25. The highest BCUT2D eigenvalue weighted by Gasteiger charge is 2.15. The smallest absolute Gasteiger partial charge is 0.254 e. The summed E-state index contributed by atoms with van der Waals surface area (Å²) in [5, 5.41) is 12.3. The number of aromatic amines is 1. The minimum absolute atomic E-state index is 0.204. The molecule has 0 fully saturated rings. The third-order valence-corrected chi connectivity index (χ3v) is 3.23. The normalized spacial score (nSPS) is 10.6. The van der Waals surface area contributed by atoms with Crippen LogP contribution >= 0.6 is 0 Å². The van der Waals surface area contributed by atoms with Crippen molar-refractivity contribution in [1.29, 1.82) is 0 Å². The molecule has 0 saturated carbocycles. The number of H-pyrrole nitrogens is 1. The Kier molecular flexibility index (Phi) is 3.23. The van der Waals surface area contributed by atoms with Gasteiger partial charge < -0.3 is 10.6 Å². The summed E-state index contributed by atoms with van der Waals surface area (Å²) in [7, 11) is 3.34. The number of aromatic nitrogens is 4. The van der Waals surface area contributed by atoms with Gasteiger partial charge in [-0.15, -0.1) is 0 Å². The van der Waals surface area contributed by atoms with Gasteiger partial charge in [-0.05, 0) is 12.1 Å². The van der Waals surface area contributed by atoms with E-state index in [4.69, 9.17) is 0 Å². The van der Waals surface area contributed by atoms with Crippen LogP contribution in [0.4, 0.5) is 5.69 Å². The van der Waals surface area contributed by atoms with E-state index in [2.05, 4.69) is 30.8 Å². The molecular formula is C14H14N6O. The fraction of sp³-hybridized carbons (Fsp3) is 0.143. The first-order valence-corrected chi connectivity index (χ1v) is 6.43. The van der Waals surface area contributed by atoms with Crippen LogP contribution in [0.5, 0.6) is 0 Å². The van der Waals surface area contributed by atoms with Crippen molar-refractivity contribution in [2.24, 2.45) is 0 Å². The standard InChI is InChI=1S/C14H14N6O/c1-15-12-9(14(21)16-2)7-17-11-4-3-10(20-13(11)12)8-5-18-19-6-8/h3-7H,1-2H3,(H,15,17)(H,16,21)(H,18,19). The van der Waals surface area contributed by atoms with Gasteiger partial charge >= 0.3 is 0 Å². The number of carbonyl (C=O) groups is 1. The Bertz CT molecular complexity index is 797. The third-order valence-electron chi connectivity index (χ3n) is 3.23. The molecule has 0 aromatic carbocycles. The molecule has 3 heterocycles. The molecular weight excluding hydrogens is 268 g/mol. The molecule has 21 heavy (non-hydrogen) atoms. The summed E-state index contributed by atoms with van der Waals surface area (Å²) in [6.07, 6.45) is 5.01. The number of fused-ring (bicyclic) bond motifs is 1. The van der Waals surface area contributed by atoms with Crippen LogP contribution in [0.15, 0.2) is 30.7 Å². The summed E-state index contributed by atoms with van der Waals surface area (Å²) < 4.78 is 0. The molecule has 3 aromatic heterocycles. The van der Waals surface area contributed by atoms with Crippen molar-refractivity contribution in [1.82, 2.24) is 25.5 Å². The molecule has 7 nitrogen and oxygen atoms in total. The van der Waals surface area contributed by atoms with E-state index in [9.17, 15) is 4.79 Å². The van der Waals surface area contributed by atoms with Gasteiger partial charge in [-0.25, -0.2) is 4.98 Å². The highest BCUT2D eigenvalue weighted by Crippen LogP contribution is 2.26. The summed E-state index contributed by atoms with van der Waals surface area (Å²) in [6.45, 7) is 0. The zero-order valence-corrected chi connectivity index (χ0v) is 11.6. The molecule has 0 aliphatic heterocycles. The van der Waals surface area contributed by atoms with Crippen LogP contribution < -0.4 is 10.6 Å². The van der Waals surface area contributed by atoms with Gasteiger partial charge in [0, 0.05) is 32.1 Å². The van der Waals surface area contributed by atoms with Gasteiger partial charge in [0.2, 0.25) is 0 Å². The number of nitrogens with zero attached hydrogens (tertiary/aromatic N) is 3. The topological polar surface area (TPSA) is 95.6 Å². The fourth-order valence-corrected chi connectivity index (χ4v) is 2.18. The molecule has 7 heteroatoms. The van der Waals surface area contributed by atoms with Crippen molar-refractivity contribution < 1.29 is 4.79 Å². The van der Waals surface area contributed by atoms with E-state index in [1.165, 1.54) is 0 Å². The summed E-state index contributed by atoms with van der Waals surface area (Å²) in [5.41, 5.74) is 4.14. The molecule has 3 aromatic rings. The van der Waals surface area contributed by atoms with Crippen molar-refractivity contribution >= 4 is 22.6 Å². The van der Waals surface area contributed by atoms with Gasteiger partial charge in [-0.1, -0.05) is 0 Å². The Morgan fingerprint density at radius 3 is 2.76 bits per heavy atom. The number of rotatable bonds is 3. The number of hydrogen-bond donors (Lipinski definition) is 3. The highest BCUT2D eigenvalue weighted by atomic mass is 16.1. The van der Waals surface area contributed by atoms with Gasteiger partial charge in [0.15, 0.2) is 0 Å². The van der Waals surface area contributed by atoms with E-state index in [1.54, 1.807) is 32.7 Å². The molecule has 0 saturated heterocycles. The Morgan fingerprint density at radius 1 is 1.24 bits per heavy atom. The Morgan fingerprint density at radius 2 is 2.10 bits per heavy atom. The lowest BCUT2D eigenvalue weighted by atomic mass is 10.1. The van der Waals surface area contributed by atoms with Crippen LogP contribution in [0.2, 0.25) is 0 Å². The van der Waals surface area contributed by atoms with E-state index in [-0.39, 0.29) is 5.91 Å². The van der Waals surface area contributed by atoms with Crippen molar-refractivity contribution in [3.05, 3.63) is 36.3 Å². The number of pyridine rings is 2. The average molecular weight is 282 g/mol. The van der Waals surface area contributed by atoms with Gasteiger partial charge in [0.1, 0.15) is 5.52 Å². The first kappa shape index (κ1) is 13.0. The highest BCUT2D eigenvalue weighted by molar-refractivity contribution is 6.06. The lowest BCUT2D eigenvalue weighted by Gasteiger charge is -2.11. The van der Waals surface area contributed by atoms with Gasteiger partial charge in [-0.2, -0.15) is 5.10 Å². The number of hydrogen-bond acceptors (Lipinski definition) is 5. The third kappa shape index (κ3) is 2.18. The van der Waals surface area contributed by atoms with E-state index in [0.29, 0.717) is 16.8 Å². The van der Waals surface area contributed by atoms with E-state index < -0.39 is 0 Å². The van der Waals surface area contributed by atoms with Crippen LogP contribution in [0.25, 0.3) is 22.3 Å². The van der Waals surface area contributed by atoms with Gasteiger partial charge in [0.25, 0.3) is 5.91 Å². The second-order valence-electron chi connectivity index (χ2n) is 4.43. The second-order valence-corrected chi connectivity index (χ2v) is 4.43. The van der Waals surface area contributed by atoms with Gasteiger partial charge in [-0.3, -0.25) is 14.9 Å². The fourth-order valence-electron chi connectivity index (χ4n) is 2.18. The van der Waals surface area contributed by atoms with Crippen molar-refractivity contribution in [2.75, 3.05) is 19.4 Å². The lowest BCUT2D eigenvalue weighted by Crippen LogP contribution is -2.19. The first-order valence-electron chi connectivity index (χ1n) is 6.43. The van der Waals surface area contributed by atoms with E-state index in [0.717, 1.165) is 16.8 Å². The molecule has 0 unspecified atom stereocenters. The molecule has 0 spiro atoms. The number of anilines is 1. The van der Waals surface area contributed by atoms with Crippen molar-refractivity contribution in [2.45, 2.75) is 0 Å². The van der Waals surface area contributed by atoms with Crippen LogP contribution in [0, 0.1) is 0 Å². The minimum Gasteiger partial charge on any atom is -0.386 e. The summed E-state index contributed by atoms with van der Waals surface area (Å²) >= 11 is 0. The lowest BCUT2D eigenvalue weighted by molar-refractivity contribution is 0.0963. The maximum atomic E-state index is 11.9. The summed E-state index contributed by atoms with van der Waals surface area (Å²) in [6, 6.07) is 3.75. The molecule has 0 bridgehead atoms.